The maximum absolute atomic E-state index is 5.07. The van der Waals surface area contributed by atoms with Crippen molar-refractivity contribution in [3.63, 3.8) is 0 Å². The molecule has 0 aliphatic carbocycles. The van der Waals surface area contributed by atoms with Crippen molar-refractivity contribution < 1.29 is 9.25 Å². The third-order valence-corrected chi connectivity index (χ3v) is 1.64. The Morgan fingerprint density at radius 2 is 2.42 bits per heavy atom. The number of nitrogens with zero attached hydrogens (tertiary/aromatic N) is 1. The summed E-state index contributed by atoms with van der Waals surface area (Å²) in [4.78, 5) is 8.49. The Morgan fingerprint density at radius 3 is 3.25 bits per heavy atom. The van der Waals surface area contributed by atoms with Gasteiger partial charge in [0.15, 0.2) is 12.0 Å². The van der Waals surface area contributed by atoms with Gasteiger partial charge in [0.25, 0.3) is 0 Å². The van der Waals surface area contributed by atoms with Gasteiger partial charge in [-0.3, -0.25) is 4.84 Å². The van der Waals surface area contributed by atoms with Crippen molar-refractivity contribution in [3.8, 4) is 0 Å². The third kappa shape index (κ3) is 1.17. The molecule has 0 fully saturated rings. The molecule has 0 saturated carbocycles. The standard InChI is InChI=1S/C8H8N2O2/c9-12-4-6-1-2-8-7(3-6)10-5-11-8/h1-3,5H,4,9H2. The summed E-state index contributed by atoms with van der Waals surface area (Å²) in [5.41, 5.74) is 2.58. The molecular weight excluding hydrogens is 156 g/mol. The molecule has 0 spiro atoms. The Hall–Kier alpha value is -1.39. The van der Waals surface area contributed by atoms with Gasteiger partial charge in [0, 0.05) is 0 Å². The van der Waals surface area contributed by atoms with Crippen LogP contribution >= 0.6 is 0 Å². The van der Waals surface area contributed by atoms with Crippen LogP contribution in [0.1, 0.15) is 5.56 Å². The molecule has 0 aliphatic rings. The summed E-state index contributed by atoms with van der Waals surface area (Å²) in [6, 6.07) is 5.61. The number of rotatable bonds is 2. The Bertz CT molecular complexity index is 383. The van der Waals surface area contributed by atoms with Crippen molar-refractivity contribution >= 4 is 11.1 Å². The molecular formula is C8H8N2O2. The molecule has 2 aromatic rings. The molecule has 0 bridgehead atoms. The molecule has 4 heteroatoms. The van der Waals surface area contributed by atoms with Gasteiger partial charge in [-0.05, 0) is 17.7 Å². The fourth-order valence-electron chi connectivity index (χ4n) is 1.09. The molecule has 4 nitrogen and oxygen atoms in total. The molecule has 1 aromatic carbocycles. The number of hydrogen-bond donors (Lipinski definition) is 1. The number of aromatic nitrogens is 1. The predicted molar refractivity (Wildman–Crippen MR) is 43.0 cm³/mol. The lowest BCUT2D eigenvalue weighted by atomic mass is 10.2. The predicted octanol–water partition coefficient (Wildman–Crippen LogP) is 1.22. The van der Waals surface area contributed by atoms with Crippen molar-refractivity contribution in [2.75, 3.05) is 0 Å². The van der Waals surface area contributed by atoms with E-state index in [1.165, 1.54) is 6.39 Å². The fraction of sp³-hybridized carbons (Fsp3) is 0.125. The molecule has 0 saturated heterocycles. The largest absolute Gasteiger partial charge is 0.443 e. The van der Waals surface area contributed by atoms with Crippen LogP contribution in [0.5, 0.6) is 0 Å². The van der Waals surface area contributed by atoms with Gasteiger partial charge >= 0.3 is 0 Å². The van der Waals surface area contributed by atoms with Crippen LogP contribution in [0.25, 0.3) is 11.1 Å². The second-order valence-corrected chi connectivity index (χ2v) is 2.47. The van der Waals surface area contributed by atoms with E-state index in [1.807, 2.05) is 18.2 Å². The maximum atomic E-state index is 5.07. The summed E-state index contributed by atoms with van der Waals surface area (Å²) >= 11 is 0. The highest BCUT2D eigenvalue weighted by molar-refractivity contribution is 5.72. The van der Waals surface area contributed by atoms with Crippen LogP contribution in [0.4, 0.5) is 0 Å². The zero-order valence-electron chi connectivity index (χ0n) is 6.36. The van der Waals surface area contributed by atoms with E-state index in [0.717, 1.165) is 16.7 Å². The SMILES string of the molecule is NOCc1ccc2ocnc2c1. The fourth-order valence-corrected chi connectivity index (χ4v) is 1.09. The van der Waals surface area contributed by atoms with E-state index in [-0.39, 0.29) is 0 Å². The maximum Gasteiger partial charge on any atom is 0.181 e. The van der Waals surface area contributed by atoms with Crippen LogP contribution in [0.15, 0.2) is 29.0 Å². The number of nitrogens with two attached hydrogens (primary N) is 1. The molecule has 2 N–H and O–H groups in total. The van der Waals surface area contributed by atoms with Crippen LogP contribution in [-0.4, -0.2) is 4.98 Å². The molecule has 12 heavy (non-hydrogen) atoms. The van der Waals surface area contributed by atoms with Gasteiger partial charge in [-0.25, -0.2) is 10.9 Å². The quantitative estimate of drug-likeness (QED) is 0.678. The van der Waals surface area contributed by atoms with Crippen LogP contribution in [0, 0.1) is 0 Å². The first-order valence-electron chi connectivity index (χ1n) is 3.54. The minimum absolute atomic E-state index is 0.392. The number of hydrogen-bond acceptors (Lipinski definition) is 4. The Labute approximate surface area is 68.9 Å². The second kappa shape index (κ2) is 2.92. The molecule has 0 aliphatic heterocycles. The van der Waals surface area contributed by atoms with E-state index in [2.05, 4.69) is 9.82 Å². The minimum atomic E-state index is 0.392. The van der Waals surface area contributed by atoms with Gasteiger partial charge in [-0.15, -0.1) is 0 Å². The smallest absolute Gasteiger partial charge is 0.181 e. The van der Waals surface area contributed by atoms with Crippen LogP contribution in [-0.2, 0) is 11.4 Å². The molecule has 0 amide bonds. The van der Waals surface area contributed by atoms with Gasteiger partial charge in [-0.1, -0.05) is 6.07 Å². The average molecular weight is 164 g/mol. The van der Waals surface area contributed by atoms with E-state index >= 15 is 0 Å². The lowest BCUT2D eigenvalue weighted by Crippen LogP contribution is -1.98. The minimum Gasteiger partial charge on any atom is -0.443 e. The molecule has 1 aromatic heterocycles. The van der Waals surface area contributed by atoms with Crippen molar-refractivity contribution in [2.45, 2.75) is 6.61 Å². The van der Waals surface area contributed by atoms with Crippen molar-refractivity contribution in [1.82, 2.24) is 4.98 Å². The normalized spacial score (nSPS) is 10.8. The Balaban J connectivity index is 2.46. The highest BCUT2D eigenvalue weighted by Gasteiger charge is 1.98. The number of oxazole rings is 1. The summed E-state index contributed by atoms with van der Waals surface area (Å²) in [5.74, 6) is 4.94. The first kappa shape index (κ1) is 7.27. The van der Waals surface area contributed by atoms with E-state index in [4.69, 9.17) is 10.3 Å². The third-order valence-electron chi connectivity index (χ3n) is 1.64. The van der Waals surface area contributed by atoms with Gasteiger partial charge in [0.1, 0.15) is 5.52 Å². The molecule has 0 atom stereocenters. The van der Waals surface area contributed by atoms with Gasteiger partial charge in [0.2, 0.25) is 0 Å². The van der Waals surface area contributed by atoms with Gasteiger partial charge < -0.3 is 4.42 Å². The zero-order chi connectivity index (χ0) is 8.39. The van der Waals surface area contributed by atoms with E-state index < -0.39 is 0 Å². The van der Waals surface area contributed by atoms with Crippen molar-refractivity contribution in [3.05, 3.63) is 30.2 Å². The summed E-state index contributed by atoms with van der Waals surface area (Å²) < 4.78 is 5.07. The molecule has 2 rings (SSSR count). The Kier molecular flexibility index (Phi) is 1.77. The summed E-state index contributed by atoms with van der Waals surface area (Å²) in [6.07, 6.45) is 1.41. The van der Waals surface area contributed by atoms with E-state index in [0.29, 0.717) is 6.61 Å². The number of benzene rings is 1. The van der Waals surface area contributed by atoms with Crippen LogP contribution in [0.3, 0.4) is 0 Å². The van der Waals surface area contributed by atoms with E-state index in [9.17, 15) is 0 Å². The average Bonchev–Trinajstić information content (AvgIpc) is 2.51. The molecule has 0 unspecified atom stereocenters. The summed E-state index contributed by atoms with van der Waals surface area (Å²) in [5, 5.41) is 0. The number of fused-ring (bicyclic) bond motifs is 1. The second-order valence-electron chi connectivity index (χ2n) is 2.47. The lowest BCUT2D eigenvalue weighted by molar-refractivity contribution is 0.124. The van der Waals surface area contributed by atoms with Crippen molar-refractivity contribution in [1.29, 1.82) is 0 Å². The zero-order valence-corrected chi connectivity index (χ0v) is 6.36. The Morgan fingerprint density at radius 1 is 1.50 bits per heavy atom. The summed E-state index contributed by atoms with van der Waals surface area (Å²) in [7, 11) is 0. The summed E-state index contributed by atoms with van der Waals surface area (Å²) in [6.45, 7) is 0.392. The van der Waals surface area contributed by atoms with Gasteiger partial charge in [0.05, 0.1) is 6.61 Å². The molecule has 1 heterocycles. The van der Waals surface area contributed by atoms with E-state index in [1.54, 1.807) is 0 Å². The topological polar surface area (TPSA) is 61.3 Å². The van der Waals surface area contributed by atoms with Crippen molar-refractivity contribution in [2.24, 2.45) is 5.90 Å². The highest BCUT2D eigenvalue weighted by atomic mass is 16.6. The molecule has 62 valence electrons. The lowest BCUT2D eigenvalue weighted by Gasteiger charge is -1.96. The first-order chi connectivity index (χ1) is 5.90. The molecule has 0 radical (unpaired) electrons. The highest BCUT2D eigenvalue weighted by Crippen LogP contribution is 2.14. The van der Waals surface area contributed by atoms with Crippen LogP contribution in [0.2, 0.25) is 0 Å². The first-order valence-corrected chi connectivity index (χ1v) is 3.54. The van der Waals surface area contributed by atoms with Gasteiger partial charge in [-0.2, -0.15) is 0 Å². The van der Waals surface area contributed by atoms with Crippen LogP contribution < -0.4 is 5.90 Å². The monoisotopic (exact) mass is 164 g/mol.